The fourth-order valence-electron chi connectivity index (χ4n) is 2.24. The highest BCUT2D eigenvalue weighted by Gasteiger charge is 2.10. The smallest absolute Gasteiger partial charge is 0.255 e. The molecule has 1 N–H and O–H groups in total. The molecule has 0 aliphatic heterocycles. The van der Waals surface area contributed by atoms with Crippen molar-refractivity contribution in [1.82, 2.24) is 9.55 Å². The predicted molar refractivity (Wildman–Crippen MR) is 84.9 cm³/mol. The van der Waals surface area contributed by atoms with Crippen molar-refractivity contribution in [2.75, 3.05) is 5.32 Å². The van der Waals surface area contributed by atoms with E-state index in [0.29, 0.717) is 10.6 Å². The third-order valence-corrected chi connectivity index (χ3v) is 3.66. The summed E-state index contributed by atoms with van der Waals surface area (Å²) in [6, 6.07) is 10.9. The average Bonchev–Trinajstić information content (AvgIpc) is 2.83. The van der Waals surface area contributed by atoms with Crippen LogP contribution < -0.4 is 5.32 Å². The van der Waals surface area contributed by atoms with Crippen molar-refractivity contribution in [2.24, 2.45) is 7.05 Å². The second kappa shape index (κ2) is 5.22. The van der Waals surface area contributed by atoms with Crippen LogP contribution in [0.5, 0.6) is 0 Å². The zero-order valence-electron chi connectivity index (χ0n) is 11.7. The number of aromatic nitrogens is 2. The highest BCUT2D eigenvalue weighted by atomic mass is 35.5. The normalized spacial score (nSPS) is 10.8. The number of benzene rings is 2. The molecule has 1 heterocycles. The summed E-state index contributed by atoms with van der Waals surface area (Å²) in [4.78, 5) is 16.6. The molecule has 3 aromatic rings. The fraction of sp³-hybridized carbons (Fsp3) is 0.125. The molecule has 0 saturated carbocycles. The van der Waals surface area contributed by atoms with E-state index in [2.05, 4.69) is 10.3 Å². The second-order valence-electron chi connectivity index (χ2n) is 4.97. The lowest BCUT2D eigenvalue weighted by atomic mass is 10.1. The Labute approximate surface area is 127 Å². The summed E-state index contributed by atoms with van der Waals surface area (Å²) in [5, 5.41) is 3.55. The number of nitrogens with zero attached hydrogens (tertiary/aromatic N) is 2. The van der Waals surface area contributed by atoms with Gasteiger partial charge in [-0.1, -0.05) is 11.6 Å². The molecule has 21 heavy (non-hydrogen) atoms. The first-order valence-electron chi connectivity index (χ1n) is 6.53. The lowest BCUT2D eigenvalue weighted by Crippen LogP contribution is -2.12. The summed E-state index contributed by atoms with van der Waals surface area (Å²) >= 11 is 5.91. The third kappa shape index (κ3) is 2.62. The molecule has 0 aliphatic carbocycles. The maximum absolute atomic E-state index is 12.3. The number of carbonyl (C=O) groups is 1. The first-order valence-corrected chi connectivity index (χ1v) is 6.91. The van der Waals surface area contributed by atoms with Crippen LogP contribution in [0.15, 0.2) is 42.7 Å². The van der Waals surface area contributed by atoms with E-state index in [9.17, 15) is 4.79 Å². The molecule has 0 fully saturated rings. The predicted octanol–water partition coefficient (Wildman–Crippen LogP) is 3.79. The van der Waals surface area contributed by atoms with Crippen LogP contribution in [0.1, 0.15) is 15.9 Å². The molecule has 0 aliphatic rings. The molecule has 0 atom stereocenters. The van der Waals surface area contributed by atoms with Crippen LogP contribution in [0.3, 0.4) is 0 Å². The molecule has 1 amide bonds. The van der Waals surface area contributed by atoms with Gasteiger partial charge in [-0.25, -0.2) is 4.98 Å². The molecule has 0 bridgehead atoms. The molecular formula is C16H14ClN3O. The van der Waals surface area contributed by atoms with E-state index >= 15 is 0 Å². The molecule has 3 rings (SSSR count). The van der Waals surface area contributed by atoms with Crippen molar-refractivity contribution >= 4 is 34.2 Å². The van der Waals surface area contributed by atoms with E-state index in [1.54, 1.807) is 30.6 Å². The molecule has 1 aromatic heterocycles. The maximum Gasteiger partial charge on any atom is 0.255 e. The van der Waals surface area contributed by atoms with Gasteiger partial charge in [0.15, 0.2) is 0 Å². The van der Waals surface area contributed by atoms with Gasteiger partial charge in [0.25, 0.3) is 5.91 Å². The highest BCUT2D eigenvalue weighted by molar-refractivity contribution is 6.30. The quantitative estimate of drug-likeness (QED) is 0.782. The van der Waals surface area contributed by atoms with E-state index in [1.165, 1.54) is 0 Å². The lowest BCUT2D eigenvalue weighted by Gasteiger charge is -2.09. The van der Waals surface area contributed by atoms with Gasteiger partial charge in [0.1, 0.15) is 0 Å². The van der Waals surface area contributed by atoms with Crippen LogP contribution in [-0.2, 0) is 7.05 Å². The SMILES string of the molecule is Cc1cc(Cl)ccc1NC(=O)c1ccc2c(c1)ncn2C. The van der Waals surface area contributed by atoms with E-state index in [4.69, 9.17) is 11.6 Å². The first kappa shape index (κ1) is 13.6. The maximum atomic E-state index is 12.3. The number of carbonyl (C=O) groups excluding carboxylic acids is 1. The second-order valence-corrected chi connectivity index (χ2v) is 5.41. The largest absolute Gasteiger partial charge is 0.334 e. The van der Waals surface area contributed by atoms with Gasteiger partial charge in [-0.2, -0.15) is 0 Å². The van der Waals surface area contributed by atoms with Crippen molar-refractivity contribution in [3.63, 3.8) is 0 Å². The Hall–Kier alpha value is -2.33. The molecule has 4 nitrogen and oxygen atoms in total. The van der Waals surface area contributed by atoms with Crippen LogP contribution >= 0.6 is 11.6 Å². The summed E-state index contributed by atoms with van der Waals surface area (Å²) in [7, 11) is 1.92. The average molecular weight is 300 g/mol. The van der Waals surface area contributed by atoms with E-state index in [0.717, 1.165) is 22.3 Å². The fourth-order valence-corrected chi connectivity index (χ4v) is 2.47. The van der Waals surface area contributed by atoms with Gasteiger partial charge in [0.2, 0.25) is 0 Å². The van der Waals surface area contributed by atoms with Gasteiger partial charge >= 0.3 is 0 Å². The minimum absolute atomic E-state index is 0.159. The Bertz CT molecular complexity index is 839. The number of amides is 1. The summed E-state index contributed by atoms with van der Waals surface area (Å²) < 4.78 is 1.92. The number of rotatable bonds is 2. The summed E-state index contributed by atoms with van der Waals surface area (Å²) in [5.41, 5.74) is 4.06. The Morgan fingerprint density at radius 1 is 1.24 bits per heavy atom. The van der Waals surface area contributed by atoms with Crippen molar-refractivity contribution in [1.29, 1.82) is 0 Å². The van der Waals surface area contributed by atoms with Crippen molar-refractivity contribution in [2.45, 2.75) is 6.92 Å². The molecular weight excluding hydrogens is 286 g/mol. The summed E-state index contributed by atoms with van der Waals surface area (Å²) in [6.07, 6.45) is 1.73. The molecule has 106 valence electrons. The minimum atomic E-state index is -0.159. The third-order valence-electron chi connectivity index (χ3n) is 3.42. The lowest BCUT2D eigenvalue weighted by molar-refractivity contribution is 0.102. The molecule has 0 radical (unpaired) electrons. The summed E-state index contributed by atoms with van der Waals surface area (Å²) in [6.45, 7) is 1.91. The minimum Gasteiger partial charge on any atom is -0.334 e. The molecule has 0 unspecified atom stereocenters. The molecule has 0 spiro atoms. The van der Waals surface area contributed by atoms with Gasteiger partial charge in [-0.15, -0.1) is 0 Å². The monoisotopic (exact) mass is 299 g/mol. The zero-order chi connectivity index (χ0) is 15.0. The van der Waals surface area contributed by atoms with E-state index < -0.39 is 0 Å². The molecule has 0 saturated heterocycles. The Kier molecular flexibility index (Phi) is 3.39. The number of hydrogen-bond acceptors (Lipinski definition) is 2. The number of anilines is 1. The van der Waals surface area contributed by atoms with Crippen molar-refractivity contribution < 1.29 is 4.79 Å². The Morgan fingerprint density at radius 2 is 2.05 bits per heavy atom. The molecule has 2 aromatic carbocycles. The number of imidazole rings is 1. The highest BCUT2D eigenvalue weighted by Crippen LogP contribution is 2.21. The first-order chi connectivity index (χ1) is 10.0. The van der Waals surface area contributed by atoms with Crippen LogP contribution in [-0.4, -0.2) is 15.5 Å². The number of nitrogens with one attached hydrogen (secondary N) is 1. The Morgan fingerprint density at radius 3 is 2.81 bits per heavy atom. The standard InChI is InChI=1S/C16H14ClN3O/c1-10-7-12(17)4-5-13(10)19-16(21)11-3-6-15-14(8-11)18-9-20(15)2/h3-9H,1-2H3,(H,19,21). The topological polar surface area (TPSA) is 46.9 Å². The molecule has 5 heteroatoms. The van der Waals surface area contributed by atoms with Crippen LogP contribution in [0.2, 0.25) is 5.02 Å². The van der Waals surface area contributed by atoms with Gasteiger partial charge in [0, 0.05) is 23.3 Å². The summed E-state index contributed by atoms with van der Waals surface area (Å²) in [5.74, 6) is -0.159. The number of aryl methyl sites for hydroxylation is 2. The van der Waals surface area contributed by atoms with Crippen LogP contribution in [0.25, 0.3) is 11.0 Å². The number of hydrogen-bond donors (Lipinski definition) is 1. The number of fused-ring (bicyclic) bond motifs is 1. The van der Waals surface area contributed by atoms with Crippen molar-refractivity contribution in [3.05, 3.63) is 58.9 Å². The van der Waals surface area contributed by atoms with Gasteiger partial charge in [-0.05, 0) is 48.9 Å². The van der Waals surface area contributed by atoms with Crippen LogP contribution in [0.4, 0.5) is 5.69 Å². The van der Waals surface area contributed by atoms with Gasteiger partial charge in [0.05, 0.1) is 17.4 Å². The van der Waals surface area contributed by atoms with E-state index in [1.807, 2.05) is 30.7 Å². The Balaban J connectivity index is 1.89. The van der Waals surface area contributed by atoms with E-state index in [-0.39, 0.29) is 5.91 Å². The van der Waals surface area contributed by atoms with Crippen LogP contribution in [0, 0.1) is 6.92 Å². The van der Waals surface area contributed by atoms with Crippen molar-refractivity contribution in [3.8, 4) is 0 Å². The number of halogens is 1. The van der Waals surface area contributed by atoms with Gasteiger partial charge in [-0.3, -0.25) is 4.79 Å². The van der Waals surface area contributed by atoms with Gasteiger partial charge < -0.3 is 9.88 Å². The zero-order valence-corrected chi connectivity index (χ0v) is 12.5.